The molecule has 10 nitrogen and oxygen atoms in total. The van der Waals surface area contributed by atoms with E-state index in [1.165, 1.54) is 24.5 Å². The molecule has 1 aromatic heterocycles. The molecular weight excluding hydrogens is 508 g/mol. The number of hydrogen-bond donors (Lipinski definition) is 2. The largest absolute Gasteiger partial charge is 0.468 e. The van der Waals surface area contributed by atoms with Crippen LogP contribution in [0.1, 0.15) is 24.2 Å². The van der Waals surface area contributed by atoms with E-state index in [2.05, 4.69) is 16.7 Å². The fraction of sp³-hybridized carbons (Fsp3) is 0.148. The van der Waals surface area contributed by atoms with E-state index in [0.29, 0.717) is 16.5 Å². The maximum Gasteiger partial charge on any atom is 0.337 e. The van der Waals surface area contributed by atoms with Crippen LogP contribution in [-0.4, -0.2) is 22.6 Å². The molecule has 2 aromatic carbocycles. The van der Waals surface area contributed by atoms with E-state index in [1.807, 2.05) is 30.3 Å². The van der Waals surface area contributed by atoms with Gasteiger partial charge in [0.1, 0.15) is 18.1 Å². The zero-order valence-electron chi connectivity index (χ0n) is 20.2. The van der Waals surface area contributed by atoms with Gasteiger partial charge < -0.3 is 19.8 Å². The summed E-state index contributed by atoms with van der Waals surface area (Å²) in [6, 6.07) is 20.5. The predicted molar refractivity (Wildman–Crippen MR) is 140 cm³/mol. The first-order valence-corrected chi connectivity index (χ1v) is 12.4. The third kappa shape index (κ3) is 5.93. The van der Waals surface area contributed by atoms with E-state index >= 15 is 0 Å². The lowest BCUT2D eigenvalue weighted by Gasteiger charge is -2.27. The van der Waals surface area contributed by atoms with Crippen LogP contribution in [0.3, 0.4) is 0 Å². The van der Waals surface area contributed by atoms with E-state index in [1.54, 1.807) is 25.1 Å². The van der Waals surface area contributed by atoms with Crippen LogP contribution in [0.15, 0.2) is 99.3 Å². The zero-order valence-corrected chi connectivity index (χ0v) is 21.0. The molecule has 0 saturated carbocycles. The summed E-state index contributed by atoms with van der Waals surface area (Å²) < 4.78 is 11.1. The quantitative estimate of drug-likeness (QED) is 0.221. The minimum Gasteiger partial charge on any atom is -0.468 e. The lowest BCUT2D eigenvalue weighted by atomic mass is 9.86. The number of carbonyl (C=O) groups excluding carboxylic acids is 2. The van der Waals surface area contributed by atoms with Crippen LogP contribution >= 0.6 is 11.8 Å². The van der Waals surface area contributed by atoms with E-state index < -0.39 is 22.7 Å². The second-order valence-electron chi connectivity index (χ2n) is 8.14. The topological polar surface area (TPSA) is 148 Å². The first kappa shape index (κ1) is 26.2. The molecule has 192 valence electrons. The van der Waals surface area contributed by atoms with Crippen molar-refractivity contribution in [1.82, 2.24) is 5.32 Å². The molecule has 1 aliphatic rings. The molecular formula is C27H22N4O6S. The summed E-state index contributed by atoms with van der Waals surface area (Å²) in [5, 5.41) is 27.3. The van der Waals surface area contributed by atoms with Crippen LogP contribution in [-0.2, 0) is 20.9 Å². The number of hydrogen-bond acceptors (Lipinski definition) is 9. The third-order valence-electron chi connectivity index (χ3n) is 5.63. The second-order valence-corrected chi connectivity index (χ2v) is 9.13. The SMILES string of the molecule is CC1=C(C(=O)OCc2ccccc2)[C@H](c2ccco2)C(C#N)=C(SCC(=O)Nc2ccccc2[N+](=O)[O-])N1. The molecule has 3 aromatic rings. The monoisotopic (exact) mass is 530 g/mol. The van der Waals surface area contributed by atoms with Crippen molar-refractivity contribution >= 4 is 35.0 Å². The van der Waals surface area contributed by atoms with Gasteiger partial charge in [0.05, 0.1) is 45.1 Å². The summed E-state index contributed by atoms with van der Waals surface area (Å²) in [7, 11) is 0. The van der Waals surface area contributed by atoms with Gasteiger partial charge in [0, 0.05) is 11.8 Å². The van der Waals surface area contributed by atoms with Crippen LogP contribution < -0.4 is 10.6 Å². The van der Waals surface area contributed by atoms with Crippen LogP contribution in [0.25, 0.3) is 0 Å². The Bertz CT molecular complexity index is 1460. The fourth-order valence-electron chi connectivity index (χ4n) is 3.90. The molecule has 38 heavy (non-hydrogen) atoms. The summed E-state index contributed by atoms with van der Waals surface area (Å²) in [5.41, 5.74) is 1.51. The molecule has 1 amide bonds. The number of esters is 1. The van der Waals surface area contributed by atoms with Crippen molar-refractivity contribution in [3.63, 3.8) is 0 Å². The van der Waals surface area contributed by atoms with Gasteiger partial charge in [-0.1, -0.05) is 54.2 Å². The number of thioether (sulfide) groups is 1. The highest BCUT2D eigenvalue weighted by Gasteiger charge is 2.37. The van der Waals surface area contributed by atoms with E-state index in [9.17, 15) is 25.0 Å². The van der Waals surface area contributed by atoms with Crippen molar-refractivity contribution in [2.75, 3.05) is 11.1 Å². The molecule has 0 spiro atoms. The summed E-state index contributed by atoms with van der Waals surface area (Å²) in [4.78, 5) is 36.5. The van der Waals surface area contributed by atoms with Gasteiger partial charge in [0.2, 0.25) is 5.91 Å². The Morgan fingerprint density at radius 3 is 2.58 bits per heavy atom. The first-order chi connectivity index (χ1) is 18.4. The van der Waals surface area contributed by atoms with Gasteiger partial charge in [-0.25, -0.2) is 4.79 Å². The molecule has 2 N–H and O–H groups in total. The number of ether oxygens (including phenoxy) is 1. The number of allylic oxidation sites excluding steroid dienone is 2. The number of carbonyl (C=O) groups is 2. The molecule has 0 radical (unpaired) electrons. The number of rotatable bonds is 9. The Balaban J connectivity index is 1.54. The zero-order chi connectivity index (χ0) is 27.1. The highest BCUT2D eigenvalue weighted by atomic mass is 32.2. The molecule has 2 heterocycles. The number of nitrogens with one attached hydrogen (secondary N) is 2. The predicted octanol–water partition coefficient (Wildman–Crippen LogP) is 5.00. The molecule has 0 aliphatic carbocycles. The lowest BCUT2D eigenvalue weighted by Crippen LogP contribution is -2.29. The van der Waals surface area contributed by atoms with Crippen molar-refractivity contribution in [3.05, 3.63) is 116 Å². The molecule has 0 saturated heterocycles. The summed E-state index contributed by atoms with van der Waals surface area (Å²) >= 11 is 1.04. The van der Waals surface area contributed by atoms with Gasteiger partial charge >= 0.3 is 5.97 Å². The van der Waals surface area contributed by atoms with Gasteiger partial charge in [0.25, 0.3) is 5.69 Å². The summed E-state index contributed by atoms with van der Waals surface area (Å²) in [6.07, 6.45) is 1.45. The van der Waals surface area contributed by atoms with Gasteiger partial charge in [-0.3, -0.25) is 14.9 Å². The lowest BCUT2D eigenvalue weighted by molar-refractivity contribution is -0.383. The normalized spacial score (nSPS) is 14.9. The Kier molecular flexibility index (Phi) is 8.25. The number of anilines is 1. The van der Waals surface area contributed by atoms with E-state index in [4.69, 9.17) is 9.15 Å². The van der Waals surface area contributed by atoms with Crippen LogP contribution in [0, 0.1) is 21.4 Å². The number of para-hydroxylation sites is 2. The average molecular weight is 531 g/mol. The standard InChI is InChI=1S/C27H22N4O6S/c1-17-24(27(33)37-15-18-8-3-2-4-9-18)25(22-12-7-13-36-22)19(14-28)26(29-17)38-16-23(32)30-20-10-5-6-11-21(20)31(34)35/h2-13,25,29H,15-16H2,1H3,(H,30,32)/t25-/m0/s1. The molecule has 0 fully saturated rings. The molecule has 0 bridgehead atoms. The molecule has 11 heteroatoms. The summed E-state index contributed by atoms with van der Waals surface area (Å²) in [6.45, 7) is 1.73. The maximum atomic E-state index is 13.2. The van der Waals surface area contributed by atoms with Gasteiger partial charge in [-0.2, -0.15) is 5.26 Å². The minimum atomic E-state index is -0.847. The molecule has 0 unspecified atom stereocenters. The Morgan fingerprint density at radius 1 is 1.16 bits per heavy atom. The highest BCUT2D eigenvalue weighted by Crippen LogP contribution is 2.41. The van der Waals surface area contributed by atoms with Crippen molar-refractivity contribution in [3.8, 4) is 6.07 Å². The number of amides is 1. The summed E-state index contributed by atoms with van der Waals surface area (Å²) in [5.74, 6) is -1.73. The Morgan fingerprint density at radius 2 is 1.89 bits per heavy atom. The molecule has 1 atom stereocenters. The number of nitro benzene ring substituents is 1. The van der Waals surface area contributed by atoms with Crippen molar-refractivity contribution in [2.45, 2.75) is 19.4 Å². The third-order valence-corrected chi connectivity index (χ3v) is 6.65. The van der Waals surface area contributed by atoms with Crippen molar-refractivity contribution < 1.29 is 23.7 Å². The van der Waals surface area contributed by atoms with E-state index in [0.717, 1.165) is 17.3 Å². The number of nitrogens with zero attached hydrogens (tertiary/aromatic N) is 2. The number of benzene rings is 2. The van der Waals surface area contributed by atoms with Crippen LogP contribution in [0.5, 0.6) is 0 Å². The Labute approximate surface area is 222 Å². The van der Waals surface area contributed by atoms with E-state index in [-0.39, 0.29) is 34.9 Å². The first-order valence-electron chi connectivity index (χ1n) is 11.4. The number of furan rings is 1. The highest BCUT2D eigenvalue weighted by molar-refractivity contribution is 8.03. The number of nitriles is 1. The average Bonchev–Trinajstić information content (AvgIpc) is 3.45. The van der Waals surface area contributed by atoms with Crippen LogP contribution in [0.2, 0.25) is 0 Å². The maximum absolute atomic E-state index is 13.2. The van der Waals surface area contributed by atoms with Crippen molar-refractivity contribution in [2.24, 2.45) is 0 Å². The number of nitro groups is 1. The minimum absolute atomic E-state index is 0.0559. The van der Waals surface area contributed by atoms with Gasteiger partial charge in [-0.15, -0.1) is 0 Å². The van der Waals surface area contributed by atoms with Crippen LogP contribution in [0.4, 0.5) is 11.4 Å². The van der Waals surface area contributed by atoms with Crippen molar-refractivity contribution in [1.29, 1.82) is 5.26 Å². The second kappa shape index (κ2) is 11.9. The van der Waals surface area contributed by atoms with Gasteiger partial charge in [0.15, 0.2) is 0 Å². The molecule has 4 rings (SSSR count). The molecule has 1 aliphatic heterocycles. The Hall–Kier alpha value is -4.82. The fourth-order valence-corrected chi connectivity index (χ4v) is 4.79. The smallest absolute Gasteiger partial charge is 0.337 e. The number of dihydropyridines is 1. The van der Waals surface area contributed by atoms with Gasteiger partial charge in [-0.05, 0) is 30.7 Å².